The molecule has 0 bridgehead atoms. The molecule has 0 spiro atoms. The first kappa shape index (κ1) is 15.5. The fourth-order valence-corrected chi connectivity index (χ4v) is 2.31. The van der Waals surface area contributed by atoms with E-state index in [2.05, 4.69) is 22.1 Å². The van der Waals surface area contributed by atoms with Crippen molar-refractivity contribution in [3.63, 3.8) is 0 Å². The highest BCUT2D eigenvalue weighted by atomic mass is 16.6. The van der Waals surface area contributed by atoms with Gasteiger partial charge in [-0.2, -0.15) is 0 Å². The van der Waals surface area contributed by atoms with Gasteiger partial charge < -0.3 is 10.2 Å². The number of hydrogen-bond donors (Lipinski definition) is 1. The number of benzene rings is 1. The van der Waals surface area contributed by atoms with Crippen LogP contribution in [0.1, 0.15) is 5.56 Å². The maximum atomic E-state index is 12.0. The number of anilines is 1. The zero-order valence-electron chi connectivity index (χ0n) is 12.7. The molecule has 0 atom stereocenters. The summed E-state index contributed by atoms with van der Waals surface area (Å²) in [5, 5.41) is 13.9. The Morgan fingerprint density at radius 2 is 2.00 bits per heavy atom. The molecule has 120 valence electrons. The van der Waals surface area contributed by atoms with Crippen molar-refractivity contribution in [2.45, 2.75) is 6.04 Å². The number of likely N-dealkylation sites (tertiary alicyclic amines) is 1. The summed E-state index contributed by atoms with van der Waals surface area (Å²) in [4.78, 5) is 28.0. The van der Waals surface area contributed by atoms with Crippen LogP contribution in [0.3, 0.4) is 0 Å². The third-order valence-corrected chi connectivity index (χ3v) is 3.58. The molecule has 0 unspecified atom stereocenters. The minimum atomic E-state index is -0.484. The molecule has 3 rings (SSSR count). The lowest BCUT2D eigenvalue weighted by Crippen LogP contribution is -2.56. The maximum Gasteiger partial charge on any atom is 0.311 e. The molecule has 1 aromatic heterocycles. The number of nitrogens with zero attached hydrogens (tertiary/aromatic N) is 3. The normalized spacial score (nSPS) is 13.4. The first-order valence-corrected chi connectivity index (χ1v) is 7.35. The van der Waals surface area contributed by atoms with Crippen LogP contribution in [0, 0.1) is 22.0 Å². The van der Waals surface area contributed by atoms with Gasteiger partial charge >= 0.3 is 5.69 Å². The minimum Gasteiger partial charge on any atom is -0.358 e. The Bertz CT molecular complexity index is 820. The van der Waals surface area contributed by atoms with Crippen LogP contribution < -0.4 is 5.32 Å². The largest absolute Gasteiger partial charge is 0.358 e. The van der Waals surface area contributed by atoms with Gasteiger partial charge in [-0.25, -0.2) is 4.98 Å². The van der Waals surface area contributed by atoms with Gasteiger partial charge in [-0.15, -0.1) is 0 Å². The van der Waals surface area contributed by atoms with Crippen molar-refractivity contribution in [2.24, 2.45) is 0 Å². The number of rotatable bonds is 3. The van der Waals surface area contributed by atoms with Gasteiger partial charge in [-0.05, 0) is 18.2 Å². The minimum absolute atomic E-state index is 0.0684. The molecule has 2 aromatic rings. The zero-order chi connectivity index (χ0) is 16.9. The lowest BCUT2D eigenvalue weighted by Gasteiger charge is -2.38. The SMILES string of the molecule is O=C(C#Cc1ccccc1)N1CC(Nc2ncccc2[N+](=O)[O-])C1. The Labute approximate surface area is 138 Å². The van der Waals surface area contributed by atoms with Gasteiger partial charge in [0.05, 0.1) is 11.0 Å². The number of amides is 1. The van der Waals surface area contributed by atoms with Crippen LogP contribution in [0.15, 0.2) is 48.7 Å². The van der Waals surface area contributed by atoms with E-state index in [1.54, 1.807) is 4.90 Å². The molecule has 1 N–H and O–H groups in total. The molecule has 1 aromatic carbocycles. The number of hydrogen-bond acceptors (Lipinski definition) is 5. The molecule has 1 aliphatic heterocycles. The molecular weight excluding hydrogens is 308 g/mol. The van der Waals surface area contributed by atoms with Gasteiger partial charge in [-0.1, -0.05) is 24.1 Å². The summed E-state index contributed by atoms with van der Waals surface area (Å²) in [6, 6.07) is 12.1. The molecule has 1 aliphatic rings. The van der Waals surface area contributed by atoms with Gasteiger partial charge in [0.2, 0.25) is 5.82 Å². The summed E-state index contributed by atoms with van der Waals surface area (Å²) in [5.74, 6) is 5.38. The second kappa shape index (κ2) is 6.79. The van der Waals surface area contributed by atoms with Crippen LogP contribution in [-0.2, 0) is 4.79 Å². The Morgan fingerprint density at radius 1 is 1.25 bits per heavy atom. The molecule has 1 fully saturated rings. The third-order valence-electron chi connectivity index (χ3n) is 3.58. The van der Waals surface area contributed by atoms with Crippen molar-refractivity contribution in [3.05, 3.63) is 64.3 Å². The molecule has 2 heterocycles. The van der Waals surface area contributed by atoms with Crippen LogP contribution in [0.25, 0.3) is 0 Å². The first-order valence-electron chi connectivity index (χ1n) is 7.35. The summed E-state index contributed by atoms with van der Waals surface area (Å²) >= 11 is 0. The van der Waals surface area contributed by atoms with E-state index in [1.807, 2.05) is 30.3 Å². The smallest absolute Gasteiger partial charge is 0.311 e. The van der Waals surface area contributed by atoms with E-state index in [4.69, 9.17) is 0 Å². The lowest BCUT2D eigenvalue weighted by molar-refractivity contribution is -0.384. The first-order chi connectivity index (χ1) is 11.6. The summed E-state index contributed by atoms with van der Waals surface area (Å²) in [7, 11) is 0. The van der Waals surface area contributed by atoms with E-state index in [9.17, 15) is 14.9 Å². The van der Waals surface area contributed by atoms with Crippen LogP contribution in [0.4, 0.5) is 11.5 Å². The third kappa shape index (κ3) is 3.50. The Hall–Kier alpha value is -3.40. The second-order valence-electron chi connectivity index (χ2n) is 5.30. The van der Waals surface area contributed by atoms with Crippen LogP contribution in [0.2, 0.25) is 0 Å². The van der Waals surface area contributed by atoms with Crippen LogP contribution >= 0.6 is 0 Å². The maximum absolute atomic E-state index is 12.0. The van der Waals surface area contributed by atoms with E-state index >= 15 is 0 Å². The molecule has 1 saturated heterocycles. The van der Waals surface area contributed by atoms with Crippen LogP contribution in [0.5, 0.6) is 0 Å². The molecule has 7 heteroatoms. The average Bonchev–Trinajstić information content (AvgIpc) is 2.56. The molecule has 7 nitrogen and oxygen atoms in total. The van der Waals surface area contributed by atoms with Crippen molar-refractivity contribution in [2.75, 3.05) is 18.4 Å². The lowest BCUT2D eigenvalue weighted by atomic mass is 10.1. The van der Waals surface area contributed by atoms with Crippen molar-refractivity contribution in [1.29, 1.82) is 0 Å². The quantitative estimate of drug-likeness (QED) is 0.527. The topological polar surface area (TPSA) is 88.4 Å². The standard InChI is InChI=1S/C17H14N4O3/c22-16(9-8-13-5-2-1-3-6-13)20-11-14(12-20)19-17-15(21(23)24)7-4-10-18-17/h1-7,10,14H,11-12H2,(H,18,19). The highest BCUT2D eigenvalue weighted by Crippen LogP contribution is 2.23. The molecule has 1 amide bonds. The van der Waals surface area contributed by atoms with E-state index < -0.39 is 4.92 Å². The molecule has 24 heavy (non-hydrogen) atoms. The van der Waals surface area contributed by atoms with E-state index in [0.29, 0.717) is 13.1 Å². The number of carbonyl (C=O) groups is 1. The Morgan fingerprint density at radius 3 is 2.71 bits per heavy atom. The number of nitro groups is 1. The molecule has 0 saturated carbocycles. The van der Waals surface area contributed by atoms with Crippen molar-refractivity contribution in [1.82, 2.24) is 9.88 Å². The molecule has 0 aliphatic carbocycles. The fourth-order valence-electron chi connectivity index (χ4n) is 2.31. The number of nitrogens with one attached hydrogen (secondary N) is 1. The monoisotopic (exact) mass is 322 g/mol. The van der Waals surface area contributed by atoms with Gasteiger partial charge in [0.25, 0.3) is 5.91 Å². The second-order valence-corrected chi connectivity index (χ2v) is 5.30. The summed E-state index contributed by atoms with van der Waals surface area (Å²) in [5.41, 5.74) is 0.705. The molecular formula is C17H14N4O3. The average molecular weight is 322 g/mol. The Kier molecular flexibility index (Phi) is 4.38. The number of pyridine rings is 1. The van der Waals surface area contributed by atoms with Crippen molar-refractivity contribution in [3.8, 4) is 11.8 Å². The summed E-state index contributed by atoms with van der Waals surface area (Å²) in [6.07, 6.45) is 1.49. The molecule has 0 radical (unpaired) electrons. The van der Waals surface area contributed by atoms with Gasteiger partial charge in [0, 0.05) is 36.8 Å². The summed E-state index contributed by atoms with van der Waals surface area (Å²) < 4.78 is 0. The van der Waals surface area contributed by atoms with E-state index in [1.165, 1.54) is 18.3 Å². The van der Waals surface area contributed by atoms with E-state index in [0.717, 1.165) is 5.56 Å². The highest BCUT2D eigenvalue weighted by molar-refractivity contribution is 5.94. The predicted octanol–water partition coefficient (Wildman–Crippen LogP) is 1.66. The van der Waals surface area contributed by atoms with Crippen molar-refractivity contribution >= 4 is 17.4 Å². The summed E-state index contributed by atoms with van der Waals surface area (Å²) in [6.45, 7) is 0.881. The Balaban J connectivity index is 1.56. The fraction of sp³-hybridized carbons (Fsp3) is 0.176. The van der Waals surface area contributed by atoms with Crippen LogP contribution in [-0.4, -0.2) is 39.8 Å². The van der Waals surface area contributed by atoms with Gasteiger partial charge in [0.1, 0.15) is 0 Å². The van der Waals surface area contributed by atoms with Crippen molar-refractivity contribution < 1.29 is 9.72 Å². The number of carbonyl (C=O) groups excluding carboxylic acids is 1. The number of aromatic nitrogens is 1. The van der Waals surface area contributed by atoms with E-state index in [-0.39, 0.29) is 23.5 Å². The predicted molar refractivity (Wildman–Crippen MR) is 88.2 cm³/mol. The zero-order valence-corrected chi connectivity index (χ0v) is 12.7. The van der Waals surface area contributed by atoms with Gasteiger partial charge in [0.15, 0.2) is 0 Å². The van der Waals surface area contributed by atoms with Gasteiger partial charge in [-0.3, -0.25) is 14.9 Å². The highest BCUT2D eigenvalue weighted by Gasteiger charge is 2.31.